The van der Waals surface area contributed by atoms with E-state index in [1.807, 2.05) is 0 Å². The van der Waals surface area contributed by atoms with Crippen molar-refractivity contribution >= 4 is 12.2 Å². The third-order valence-corrected chi connectivity index (χ3v) is 4.03. The van der Waals surface area contributed by atoms with Crippen molar-refractivity contribution in [2.45, 2.75) is 40.0 Å². The van der Waals surface area contributed by atoms with Gasteiger partial charge in [0, 0.05) is 25.5 Å². The molecule has 0 aliphatic carbocycles. The predicted octanol–water partition coefficient (Wildman–Crippen LogP) is 2.94. The van der Waals surface area contributed by atoms with E-state index in [1.54, 1.807) is 12.4 Å². The highest BCUT2D eigenvalue weighted by molar-refractivity contribution is 5.73. The molecule has 104 valence electrons. The van der Waals surface area contributed by atoms with Crippen LogP contribution in [0.15, 0.2) is 12.4 Å². The van der Waals surface area contributed by atoms with Crippen molar-refractivity contribution in [3.63, 3.8) is 0 Å². The maximum absolute atomic E-state index is 10.6. The molecule has 1 fully saturated rings. The van der Waals surface area contributed by atoms with Crippen LogP contribution >= 0.6 is 0 Å². The van der Waals surface area contributed by atoms with Gasteiger partial charge in [-0.25, -0.2) is 9.97 Å². The van der Waals surface area contributed by atoms with Crippen LogP contribution in [-0.4, -0.2) is 29.3 Å². The van der Waals surface area contributed by atoms with Gasteiger partial charge in [-0.05, 0) is 30.6 Å². The molecule has 1 aliphatic heterocycles. The van der Waals surface area contributed by atoms with Gasteiger partial charge in [0.25, 0.3) is 0 Å². The van der Waals surface area contributed by atoms with E-state index in [0.717, 1.165) is 31.2 Å². The quantitative estimate of drug-likeness (QED) is 0.768. The highest BCUT2D eigenvalue weighted by atomic mass is 16.1. The fourth-order valence-electron chi connectivity index (χ4n) is 2.72. The Bertz CT molecular complexity index is 422. The first-order valence-electron chi connectivity index (χ1n) is 7.03. The number of carbonyl (C=O) groups is 1. The van der Waals surface area contributed by atoms with Crippen molar-refractivity contribution in [3.05, 3.63) is 18.0 Å². The number of aldehydes is 1. The first-order chi connectivity index (χ1) is 9.00. The molecule has 0 saturated carbocycles. The number of hydrogen-bond acceptors (Lipinski definition) is 4. The van der Waals surface area contributed by atoms with Crippen molar-refractivity contribution < 1.29 is 4.79 Å². The molecule has 2 rings (SSSR count). The molecule has 0 radical (unpaired) electrons. The summed E-state index contributed by atoms with van der Waals surface area (Å²) in [5.74, 6) is 1.51. The minimum absolute atomic E-state index is 0.373. The van der Waals surface area contributed by atoms with Crippen LogP contribution in [0.4, 0.5) is 5.95 Å². The largest absolute Gasteiger partial charge is 0.341 e. The van der Waals surface area contributed by atoms with E-state index >= 15 is 0 Å². The Hall–Kier alpha value is -1.45. The molecule has 0 N–H and O–H groups in total. The van der Waals surface area contributed by atoms with Gasteiger partial charge in [-0.2, -0.15) is 0 Å². The van der Waals surface area contributed by atoms with Crippen LogP contribution < -0.4 is 4.90 Å². The molecule has 1 aromatic rings. The Morgan fingerprint density at radius 2 is 1.89 bits per heavy atom. The van der Waals surface area contributed by atoms with Gasteiger partial charge in [0.2, 0.25) is 5.95 Å². The lowest BCUT2D eigenvalue weighted by Gasteiger charge is -2.29. The van der Waals surface area contributed by atoms with E-state index in [9.17, 15) is 4.79 Å². The van der Waals surface area contributed by atoms with Crippen LogP contribution in [-0.2, 0) is 0 Å². The van der Waals surface area contributed by atoms with E-state index in [-0.39, 0.29) is 0 Å². The van der Waals surface area contributed by atoms with Crippen LogP contribution in [0, 0.1) is 11.3 Å². The minimum atomic E-state index is 0.373. The van der Waals surface area contributed by atoms with Gasteiger partial charge >= 0.3 is 0 Å². The van der Waals surface area contributed by atoms with Gasteiger partial charge in [-0.3, -0.25) is 4.79 Å². The van der Waals surface area contributed by atoms with Crippen molar-refractivity contribution in [3.8, 4) is 0 Å². The third kappa shape index (κ3) is 3.52. The summed E-state index contributed by atoms with van der Waals surface area (Å²) >= 11 is 0. The van der Waals surface area contributed by atoms with Gasteiger partial charge in [0.05, 0.1) is 5.56 Å². The van der Waals surface area contributed by atoms with E-state index in [0.29, 0.717) is 11.0 Å². The number of aromatic nitrogens is 2. The fourth-order valence-corrected chi connectivity index (χ4v) is 2.72. The second-order valence-electron chi connectivity index (χ2n) is 6.42. The lowest BCUT2D eigenvalue weighted by atomic mass is 9.77. The molecule has 2 heterocycles. The van der Waals surface area contributed by atoms with Crippen molar-refractivity contribution in [2.24, 2.45) is 11.3 Å². The molecule has 19 heavy (non-hydrogen) atoms. The summed E-state index contributed by atoms with van der Waals surface area (Å²) in [7, 11) is 0. The number of anilines is 1. The highest BCUT2D eigenvalue weighted by Crippen LogP contribution is 2.34. The van der Waals surface area contributed by atoms with Crippen LogP contribution in [0.1, 0.15) is 50.4 Å². The maximum atomic E-state index is 10.6. The maximum Gasteiger partial charge on any atom is 0.225 e. The lowest BCUT2D eigenvalue weighted by molar-refractivity contribution is 0.112. The van der Waals surface area contributed by atoms with Gasteiger partial charge < -0.3 is 4.90 Å². The highest BCUT2D eigenvalue weighted by Gasteiger charge is 2.27. The van der Waals surface area contributed by atoms with Crippen molar-refractivity contribution in [1.82, 2.24) is 9.97 Å². The summed E-state index contributed by atoms with van der Waals surface area (Å²) < 4.78 is 0. The monoisotopic (exact) mass is 261 g/mol. The second-order valence-corrected chi connectivity index (χ2v) is 6.42. The molecule has 0 aromatic carbocycles. The Morgan fingerprint density at radius 1 is 1.21 bits per heavy atom. The molecule has 1 aromatic heterocycles. The van der Waals surface area contributed by atoms with Crippen LogP contribution in [0.2, 0.25) is 0 Å². The number of rotatable bonds is 2. The molecular weight excluding hydrogens is 238 g/mol. The Morgan fingerprint density at radius 3 is 2.47 bits per heavy atom. The minimum Gasteiger partial charge on any atom is -0.341 e. The van der Waals surface area contributed by atoms with Gasteiger partial charge in [0.15, 0.2) is 6.29 Å². The number of carbonyl (C=O) groups excluding carboxylic acids is 1. The van der Waals surface area contributed by atoms with E-state index < -0.39 is 0 Å². The average molecular weight is 261 g/mol. The summed E-state index contributed by atoms with van der Waals surface area (Å²) in [4.78, 5) is 21.4. The molecule has 0 spiro atoms. The topological polar surface area (TPSA) is 46.1 Å². The Labute approximate surface area is 115 Å². The molecule has 1 saturated heterocycles. The SMILES string of the molecule is CC(C)(C)C1CCCN(c2ncc(C=O)cn2)CC1. The standard InChI is InChI=1S/C15H23N3O/c1-15(2,3)13-5-4-7-18(8-6-13)14-16-9-12(11-19)10-17-14/h9-11,13H,4-8H2,1-3H3. The zero-order valence-corrected chi connectivity index (χ0v) is 12.1. The summed E-state index contributed by atoms with van der Waals surface area (Å²) in [5.41, 5.74) is 0.907. The third-order valence-electron chi connectivity index (χ3n) is 4.03. The molecular formula is C15H23N3O. The van der Waals surface area contributed by atoms with E-state index in [1.165, 1.54) is 19.3 Å². The lowest BCUT2D eigenvalue weighted by Crippen LogP contribution is -2.27. The van der Waals surface area contributed by atoms with Crippen LogP contribution in [0.3, 0.4) is 0 Å². The molecule has 4 nitrogen and oxygen atoms in total. The van der Waals surface area contributed by atoms with Gasteiger partial charge in [-0.1, -0.05) is 20.8 Å². The zero-order chi connectivity index (χ0) is 13.9. The molecule has 0 amide bonds. The van der Waals surface area contributed by atoms with Gasteiger partial charge in [-0.15, -0.1) is 0 Å². The summed E-state index contributed by atoms with van der Waals surface area (Å²) in [6.07, 6.45) is 7.61. The van der Waals surface area contributed by atoms with Crippen LogP contribution in [0.5, 0.6) is 0 Å². The fraction of sp³-hybridized carbons (Fsp3) is 0.667. The van der Waals surface area contributed by atoms with Crippen molar-refractivity contribution in [2.75, 3.05) is 18.0 Å². The number of hydrogen-bond donors (Lipinski definition) is 0. The normalized spacial score (nSPS) is 21.0. The van der Waals surface area contributed by atoms with Crippen LogP contribution in [0.25, 0.3) is 0 Å². The first-order valence-corrected chi connectivity index (χ1v) is 7.03. The summed E-state index contributed by atoms with van der Waals surface area (Å²) in [5, 5.41) is 0. The molecule has 1 unspecified atom stereocenters. The Kier molecular flexibility index (Phi) is 4.17. The molecule has 1 aliphatic rings. The first kappa shape index (κ1) is 14.0. The molecule has 0 bridgehead atoms. The average Bonchev–Trinajstić information content (AvgIpc) is 2.64. The molecule has 1 atom stereocenters. The predicted molar refractivity (Wildman–Crippen MR) is 76.4 cm³/mol. The second kappa shape index (κ2) is 5.68. The number of nitrogens with zero attached hydrogens (tertiary/aromatic N) is 3. The zero-order valence-electron chi connectivity index (χ0n) is 12.1. The molecule has 4 heteroatoms. The summed E-state index contributed by atoms with van der Waals surface area (Å²) in [6, 6.07) is 0. The summed E-state index contributed by atoms with van der Waals surface area (Å²) in [6.45, 7) is 8.98. The van der Waals surface area contributed by atoms with Gasteiger partial charge in [0.1, 0.15) is 0 Å². The smallest absolute Gasteiger partial charge is 0.225 e. The van der Waals surface area contributed by atoms with E-state index in [4.69, 9.17) is 0 Å². The van der Waals surface area contributed by atoms with E-state index in [2.05, 4.69) is 35.6 Å². The Balaban J connectivity index is 2.04. The van der Waals surface area contributed by atoms with Crippen molar-refractivity contribution in [1.29, 1.82) is 0 Å².